The Kier molecular flexibility index (Phi) is 4.77. The fourth-order valence-electron chi connectivity index (χ4n) is 7.64. The molecule has 27 heavy (non-hydrogen) atoms. The molecule has 0 aromatic rings. The molecule has 150 valence electrons. The third-order valence-corrected chi connectivity index (χ3v) is 9.17. The summed E-state index contributed by atoms with van der Waals surface area (Å²) in [7, 11) is 0. The summed E-state index contributed by atoms with van der Waals surface area (Å²) >= 11 is 0. The lowest BCUT2D eigenvalue weighted by Crippen LogP contribution is -2.53. The van der Waals surface area contributed by atoms with Crippen LogP contribution in [0.15, 0.2) is 11.6 Å². The van der Waals surface area contributed by atoms with Crippen LogP contribution in [0.25, 0.3) is 0 Å². The zero-order chi connectivity index (χ0) is 19.4. The average Bonchev–Trinajstić information content (AvgIpc) is 2.91. The van der Waals surface area contributed by atoms with Gasteiger partial charge in [-0.2, -0.15) is 0 Å². The summed E-state index contributed by atoms with van der Waals surface area (Å²) in [5.74, 6) is 1.57. The van der Waals surface area contributed by atoms with Gasteiger partial charge in [0.15, 0.2) is 5.78 Å². The first-order valence-electron chi connectivity index (χ1n) is 10.9. The van der Waals surface area contributed by atoms with Crippen molar-refractivity contribution in [1.29, 1.82) is 0 Å². The van der Waals surface area contributed by atoms with E-state index in [0.717, 1.165) is 44.9 Å². The topological polar surface area (TPSA) is 74.6 Å². The number of rotatable bonds is 4. The first-order chi connectivity index (χ1) is 12.8. The zero-order valence-corrected chi connectivity index (χ0v) is 16.7. The van der Waals surface area contributed by atoms with E-state index in [1.807, 2.05) is 6.08 Å². The van der Waals surface area contributed by atoms with Gasteiger partial charge in [-0.3, -0.25) is 9.59 Å². The van der Waals surface area contributed by atoms with E-state index in [2.05, 4.69) is 13.8 Å². The summed E-state index contributed by atoms with van der Waals surface area (Å²) in [6, 6.07) is 0. The van der Waals surface area contributed by atoms with Gasteiger partial charge >= 0.3 is 5.97 Å². The predicted octanol–water partition coefficient (Wildman–Crippen LogP) is 4.36. The highest BCUT2D eigenvalue weighted by Crippen LogP contribution is 2.66. The summed E-state index contributed by atoms with van der Waals surface area (Å²) in [4.78, 5) is 23.4. The Bertz CT molecular complexity index is 667. The van der Waals surface area contributed by atoms with Crippen molar-refractivity contribution in [2.45, 2.75) is 84.2 Å². The van der Waals surface area contributed by atoms with Crippen LogP contribution in [0, 0.1) is 34.5 Å². The molecule has 0 bridgehead atoms. The maximum absolute atomic E-state index is 12.4. The quantitative estimate of drug-likeness (QED) is 0.767. The van der Waals surface area contributed by atoms with Gasteiger partial charge in [-0.15, -0.1) is 0 Å². The van der Waals surface area contributed by atoms with Gasteiger partial charge in [0, 0.05) is 12.8 Å². The summed E-state index contributed by atoms with van der Waals surface area (Å²) in [6.07, 6.45) is 10.5. The van der Waals surface area contributed by atoms with E-state index >= 15 is 0 Å². The molecule has 1 unspecified atom stereocenters. The van der Waals surface area contributed by atoms with Crippen LogP contribution < -0.4 is 0 Å². The Hall–Kier alpha value is -1.16. The minimum Gasteiger partial charge on any atom is -0.481 e. The zero-order valence-electron chi connectivity index (χ0n) is 16.7. The SMILES string of the molecule is C[C@]12CC[C@H]3C(CCC4=CC(=O)C[C@H](CCCC(=O)O)[C@@]43C)[C@@H]1CC[C@@H]2O. The molecule has 3 saturated carbocycles. The van der Waals surface area contributed by atoms with Gasteiger partial charge < -0.3 is 10.2 Å². The molecule has 3 fully saturated rings. The smallest absolute Gasteiger partial charge is 0.303 e. The molecule has 0 spiro atoms. The van der Waals surface area contributed by atoms with Gasteiger partial charge in [-0.25, -0.2) is 0 Å². The lowest BCUT2D eigenvalue weighted by Gasteiger charge is -2.60. The van der Waals surface area contributed by atoms with Crippen molar-refractivity contribution in [2.24, 2.45) is 34.5 Å². The summed E-state index contributed by atoms with van der Waals surface area (Å²) < 4.78 is 0. The Morgan fingerprint density at radius 3 is 2.70 bits per heavy atom. The van der Waals surface area contributed by atoms with Gasteiger partial charge in [0.25, 0.3) is 0 Å². The second-order valence-electron chi connectivity index (χ2n) is 10.2. The molecule has 0 aromatic heterocycles. The number of aliphatic hydroxyl groups excluding tert-OH is 1. The van der Waals surface area contributed by atoms with Crippen LogP contribution in [-0.4, -0.2) is 28.1 Å². The fourth-order valence-corrected chi connectivity index (χ4v) is 7.64. The molecule has 4 rings (SSSR count). The lowest BCUT2D eigenvalue weighted by molar-refractivity contribution is -0.137. The molecule has 4 aliphatic rings. The number of aliphatic hydroxyl groups is 1. The highest BCUT2D eigenvalue weighted by atomic mass is 16.4. The number of carboxylic acid groups (broad SMARTS) is 1. The molecule has 0 saturated heterocycles. The van der Waals surface area contributed by atoms with Crippen molar-refractivity contribution in [2.75, 3.05) is 0 Å². The average molecular weight is 375 g/mol. The molecule has 0 radical (unpaired) electrons. The van der Waals surface area contributed by atoms with E-state index in [1.165, 1.54) is 5.57 Å². The van der Waals surface area contributed by atoms with Crippen molar-refractivity contribution < 1.29 is 19.8 Å². The first-order valence-corrected chi connectivity index (χ1v) is 10.9. The third-order valence-electron chi connectivity index (χ3n) is 9.17. The van der Waals surface area contributed by atoms with Crippen molar-refractivity contribution in [3.63, 3.8) is 0 Å². The number of allylic oxidation sites excluding steroid dienone is 1. The molecule has 7 atom stereocenters. The maximum atomic E-state index is 12.4. The van der Waals surface area contributed by atoms with Crippen LogP contribution in [0.2, 0.25) is 0 Å². The highest BCUT2D eigenvalue weighted by Gasteiger charge is 2.60. The second kappa shape index (κ2) is 6.72. The predicted molar refractivity (Wildman–Crippen MR) is 103 cm³/mol. The molecule has 0 amide bonds. The minimum atomic E-state index is -0.743. The third kappa shape index (κ3) is 2.90. The molecule has 2 N–H and O–H groups in total. The van der Waals surface area contributed by atoms with E-state index in [4.69, 9.17) is 5.11 Å². The molecule has 4 heteroatoms. The number of fused-ring (bicyclic) bond motifs is 5. The highest BCUT2D eigenvalue weighted by molar-refractivity contribution is 5.92. The van der Waals surface area contributed by atoms with Crippen LogP contribution in [0.1, 0.15) is 78.1 Å². The largest absolute Gasteiger partial charge is 0.481 e. The monoisotopic (exact) mass is 374 g/mol. The minimum absolute atomic E-state index is 0.0319. The van der Waals surface area contributed by atoms with E-state index in [0.29, 0.717) is 30.6 Å². The lowest BCUT2D eigenvalue weighted by atomic mass is 9.45. The summed E-state index contributed by atoms with van der Waals surface area (Å²) in [6.45, 7) is 4.68. The molecule has 0 aromatic carbocycles. The number of carbonyl (C=O) groups is 2. The van der Waals surface area contributed by atoms with E-state index < -0.39 is 5.97 Å². The molecule has 4 aliphatic carbocycles. The van der Waals surface area contributed by atoms with Gasteiger partial charge in [0.1, 0.15) is 0 Å². The number of hydrogen-bond acceptors (Lipinski definition) is 3. The number of aliphatic carboxylic acids is 1. The Labute approximate surface area is 162 Å². The number of hydrogen-bond donors (Lipinski definition) is 2. The summed E-state index contributed by atoms with van der Waals surface area (Å²) in [5.41, 5.74) is 1.44. The summed E-state index contributed by atoms with van der Waals surface area (Å²) in [5, 5.41) is 19.6. The maximum Gasteiger partial charge on any atom is 0.303 e. The second-order valence-corrected chi connectivity index (χ2v) is 10.2. The van der Waals surface area contributed by atoms with Crippen molar-refractivity contribution in [3.05, 3.63) is 11.6 Å². The standard InChI is InChI=1S/C23H34O4/c1-22-11-10-19-17(18(22)8-9-20(22)25)7-6-15-13-16(24)12-14(23(15,19)2)4-3-5-21(26)27/h13-14,17-20,25H,3-12H2,1-2H3,(H,26,27)/t14-,17?,18-,19-,20-,22-,23-/m0/s1. The normalized spacial score (nSPS) is 46.3. The van der Waals surface area contributed by atoms with Gasteiger partial charge in [-0.05, 0) is 91.9 Å². The number of ketones is 1. The number of carbonyl (C=O) groups excluding carboxylic acids is 1. The Morgan fingerprint density at radius 2 is 1.96 bits per heavy atom. The molecular weight excluding hydrogens is 340 g/mol. The van der Waals surface area contributed by atoms with Crippen molar-refractivity contribution in [1.82, 2.24) is 0 Å². The van der Waals surface area contributed by atoms with Crippen molar-refractivity contribution >= 4 is 11.8 Å². The van der Waals surface area contributed by atoms with Crippen LogP contribution in [0.5, 0.6) is 0 Å². The Morgan fingerprint density at radius 1 is 1.19 bits per heavy atom. The van der Waals surface area contributed by atoms with Gasteiger partial charge in [0.2, 0.25) is 0 Å². The van der Waals surface area contributed by atoms with Crippen LogP contribution in [-0.2, 0) is 9.59 Å². The van der Waals surface area contributed by atoms with E-state index in [9.17, 15) is 14.7 Å². The fraction of sp³-hybridized carbons (Fsp3) is 0.826. The Balaban J connectivity index is 1.63. The van der Waals surface area contributed by atoms with Crippen LogP contribution >= 0.6 is 0 Å². The van der Waals surface area contributed by atoms with Gasteiger partial charge in [0.05, 0.1) is 6.10 Å². The molecular formula is C23H34O4. The van der Waals surface area contributed by atoms with E-state index in [1.54, 1.807) is 0 Å². The number of carboxylic acids is 1. The van der Waals surface area contributed by atoms with Crippen LogP contribution in [0.4, 0.5) is 0 Å². The molecule has 0 heterocycles. The molecule has 0 aliphatic heterocycles. The van der Waals surface area contributed by atoms with Crippen LogP contribution in [0.3, 0.4) is 0 Å². The van der Waals surface area contributed by atoms with Crippen molar-refractivity contribution in [3.8, 4) is 0 Å². The molecule has 4 nitrogen and oxygen atoms in total. The van der Waals surface area contributed by atoms with Gasteiger partial charge in [-0.1, -0.05) is 19.4 Å². The van der Waals surface area contributed by atoms with E-state index in [-0.39, 0.29) is 35.1 Å². The first kappa shape index (κ1) is 19.2.